The molecule has 1 aromatic rings. The fourth-order valence-corrected chi connectivity index (χ4v) is 2.04. The summed E-state index contributed by atoms with van der Waals surface area (Å²) in [5, 5.41) is 17.1. The SMILES string of the molecule is CC(C)(C#N)CCCCSc1nnc(CN)o1. The Morgan fingerprint density at radius 2 is 2.18 bits per heavy atom. The summed E-state index contributed by atoms with van der Waals surface area (Å²) in [6.07, 6.45) is 2.99. The Labute approximate surface area is 106 Å². The van der Waals surface area contributed by atoms with E-state index in [9.17, 15) is 0 Å². The second-order valence-electron chi connectivity index (χ2n) is 4.47. The van der Waals surface area contributed by atoms with Crippen LogP contribution < -0.4 is 5.73 Å². The molecule has 0 fully saturated rings. The van der Waals surface area contributed by atoms with Crippen molar-refractivity contribution in [3.63, 3.8) is 0 Å². The van der Waals surface area contributed by atoms with E-state index in [1.807, 2.05) is 13.8 Å². The van der Waals surface area contributed by atoms with Gasteiger partial charge in [-0.15, -0.1) is 10.2 Å². The minimum absolute atomic E-state index is 0.220. The largest absolute Gasteiger partial charge is 0.415 e. The van der Waals surface area contributed by atoms with Crippen LogP contribution in [0, 0.1) is 16.7 Å². The normalized spacial score (nSPS) is 11.4. The van der Waals surface area contributed by atoms with Crippen LogP contribution in [0.15, 0.2) is 9.64 Å². The van der Waals surface area contributed by atoms with Gasteiger partial charge in [-0.05, 0) is 26.7 Å². The van der Waals surface area contributed by atoms with E-state index in [1.165, 1.54) is 11.8 Å². The van der Waals surface area contributed by atoms with Gasteiger partial charge in [0.2, 0.25) is 5.89 Å². The minimum atomic E-state index is -0.220. The Kier molecular flexibility index (Phi) is 5.45. The van der Waals surface area contributed by atoms with E-state index in [1.54, 1.807) is 0 Å². The van der Waals surface area contributed by atoms with E-state index in [4.69, 9.17) is 15.4 Å². The number of unbranched alkanes of at least 4 members (excludes halogenated alkanes) is 1. The van der Waals surface area contributed by atoms with Crippen LogP contribution in [-0.2, 0) is 6.54 Å². The highest BCUT2D eigenvalue weighted by Gasteiger charge is 2.15. The number of hydrogen-bond acceptors (Lipinski definition) is 6. The van der Waals surface area contributed by atoms with E-state index in [2.05, 4.69) is 16.3 Å². The van der Waals surface area contributed by atoms with E-state index < -0.39 is 0 Å². The quantitative estimate of drug-likeness (QED) is 0.593. The Morgan fingerprint density at radius 1 is 1.41 bits per heavy atom. The number of aromatic nitrogens is 2. The second-order valence-corrected chi connectivity index (χ2v) is 5.51. The van der Waals surface area contributed by atoms with Crippen molar-refractivity contribution in [1.82, 2.24) is 10.2 Å². The van der Waals surface area contributed by atoms with Crippen molar-refractivity contribution in [3.05, 3.63) is 5.89 Å². The first kappa shape index (κ1) is 14.0. The van der Waals surface area contributed by atoms with E-state index in [0.717, 1.165) is 25.0 Å². The lowest BCUT2D eigenvalue weighted by molar-refractivity contribution is 0.414. The van der Waals surface area contributed by atoms with Crippen LogP contribution in [-0.4, -0.2) is 16.0 Å². The molecule has 0 aliphatic heterocycles. The molecule has 1 rings (SSSR count). The van der Waals surface area contributed by atoms with Gasteiger partial charge in [0.05, 0.1) is 18.0 Å². The Hall–Kier alpha value is -1.06. The first-order valence-corrected chi connectivity index (χ1v) is 6.62. The lowest BCUT2D eigenvalue weighted by Gasteiger charge is -2.13. The van der Waals surface area contributed by atoms with E-state index in [-0.39, 0.29) is 12.0 Å². The molecule has 0 amide bonds. The van der Waals surface area contributed by atoms with Crippen molar-refractivity contribution in [3.8, 4) is 6.07 Å². The monoisotopic (exact) mass is 254 g/mol. The molecule has 0 atom stereocenters. The van der Waals surface area contributed by atoms with Crippen LogP contribution in [0.5, 0.6) is 0 Å². The summed E-state index contributed by atoms with van der Waals surface area (Å²) in [5.74, 6) is 1.39. The molecule has 0 aliphatic rings. The summed E-state index contributed by atoms with van der Waals surface area (Å²) >= 11 is 1.54. The standard InChI is InChI=1S/C11H18N4OS/c1-11(2,8-13)5-3-4-6-17-10-15-14-9(7-12)16-10/h3-7,12H2,1-2H3. The molecule has 0 radical (unpaired) electrons. The van der Waals surface area contributed by atoms with Crippen molar-refractivity contribution >= 4 is 11.8 Å². The molecule has 6 heteroatoms. The molecule has 94 valence electrons. The van der Waals surface area contributed by atoms with Crippen LogP contribution in [0.1, 0.15) is 39.0 Å². The van der Waals surface area contributed by atoms with Crippen LogP contribution in [0.25, 0.3) is 0 Å². The molecule has 2 N–H and O–H groups in total. The average Bonchev–Trinajstić information content (AvgIpc) is 2.76. The Bertz CT molecular complexity index is 383. The topological polar surface area (TPSA) is 88.7 Å². The minimum Gasteiger partial charge on any atom is -0.415 e. The maximum atomic E-state index is 8.86. The van der Waals surface area contributed by atoms with Gasteiger partial charge < -0.3 is 10.2 Å². The fourth-order valence-electron chi connectivity index (χ4n) is 1.26. The average molecular weight is 254 g/mol. The molecule has 1 aromatic heterocycles. The third kappa shape index (κ3) is 5.20. The molecule has 5 nitrogen and oxygen atoms in total. The molecule has 0 saturated heterocycles. The Morgan fingerprint density at radius 3 is 2.76 bits per heavy atom. The highest BCUT2D eigenvalue weighted by molar-refractivity contribution is 7.99. The van der Waals surface area contributed by atoms with Gasteiger partial charge in [-0.1, -0.05) is 18.2 Å². The molecule has 0 unspecified atom stereocenters. The summed E-state index contributed by atoms with van der Waals surface area (Å²) in [5.41, 5.74) is 5.15. The predicted octanol–water partition coefficient (Wildman–Crippen LogP) is 2.34. The van der Waals surface area contributed by atoms with Gasteiger partial charge in [-0.2, -0.15) is 5.26 Å². The Balaban J connectivity index is 2.15. The maximum absolute atomic E-state index is 8.86. The summed E-state index contributed by atoms with van der Waals surface area (Å²) in [6, 6.07) is 2.30. The number of nitrogens with zero attached hydrogens (tertiary/aromatic N) is 3. The van der Waals surface area contributed by atoms with Gasteiger partial charge in [0, 0.05) is 5.75 Å². The van der Waals surface area contributed by atoms with Crippen LogP contribution in [0.4, 0.5) is 0 Å². The van der Waals surface area contributed by atoms with Crippen LogP contribution >= 0.6 is 11.8 Å². The first-order valence-electron chi connectivity index (χ1n) is 5.64. The number of thioether (sulfide) groups is 1. The zero-order chi connectivity index (χ0) is 12.7. The van der Waals surface area contributed by atoms with Crippen LogP contribution in [0.3, 0.4) is 0 Å². The molecule has 0 spiro atoms. The first-order chi connectivity index (χ1) is 8.07. The van der Waals surface area contributed by atoms with Crippen molar-refractivity contribution in [2.45, 2.75) is 44.9 Å². The highest BCUT2D eigenvalue weighted by Crippen LogP contribution is 2.23. The summed E-state index contributed by atoms with van der Waals surface area (Å²) < 4.78 is 5.26. The van der Waals surface area contributed by atoms with E-state index in [0.29, 0.717) is 11.1 Å². The fraction of sp³-hybridized carbons (Fsp3) is 0.727. The molecule has 0 aromatic carbocycles. The molecule has 0 bridgehead atoms. The van der Waals surface area contributed by atoms with Gasteiger partial charge in [-0.3, -0.25) is 0 Å². The van der Waals surface area contributed by atoms with Crippen molar-refractivity contribution in [1.29, 1.82) is 5.26 Å². The van der Waals surface area contributed by atoms with Crippen LogP contribution in [0.2, 0.25) is 0 Å². The highest BCUT2D eigenvalue weighted by atomic mass is 32.2. The predicted molar refractivity (Wildman–Crippen MR) is 66.2 cm³/mol. The van der Waals surface area contributed by atoms with Gasteiger partial charge in [0.25, 0.3) is 5.22 Å². The van der Waals surface area contributed by atoms with E-state index >= 15 is 0 Å². The number of nitrogens with two attached hydrogens (primary N) is 1. The summed E-state index contributed by atoms with van der Waals surface area (Å²) in [6.45, 7) is 4.21. The second kappa shape index (κ2) is 6.62. The van der Waals surface area contributed by atoms with Gasteiger partial charge >= 0.3 is 0 Å². The summed E-state index contributed by atoms with van der Waals surface area (Å²) in [7, 11) is 0. The summed E-state index contributed by atoms with van der Waals surface area (Å²) in [4.78, 5) is 0. The lowest BCUT2D eigenvalue weighted by Crippen LogP contribution is -2.07. The third-order valence-corrected chi connectivity index (χ3v) is 3.25. The molecule has 0 aliphatic carbocycles. The lowest BCUT2D eigenvalue weighted by atomic mass is 9.89. The van der Waals surface area contributed by atoms with Gasteiger partial charge in [0.15, 0.2) is 0 Å². The number of rotatable bonds is 7. The zero-order valence-corrected chi connectivity index (χ0v) is 11.1. The van der Waals surface area contributed by atoms with Crippen molar-refractivity contribution in [2.24, 2.45) is 11.1 Å². The molecular weight excluding hydrogens is 236 g/mol. The molecule has 0 saturated carbocycles. The number of hydrogen-bond donors (Lipinski definition) is 1. The molecule has 1 heterocycles. The van der Waals surface area contributed by atoms with Gasteiger partial charge in [-0.25, -0.2) is 0 Å². The number of nitriles is 1. The van der Waals surface area contributed by atoms with Crippen molar-refractivity contribution < 1.29 is 4.42 Å². The van der Waals surface area contributed by atoms with Crippen molar-refractivity contribution in [2.75, 3.05) is 5.75 Å². The molecular formula is C11H18N4OS. The maximum Gasteiger partial charge on any atom is 0.276 e. The van der Waals surface area contributed by atoms with Gasteiger partial charge in [0.1, 0.15) is 0 Å². The molecule has 17 heavy (non-hydrogen) atoms. The zero-order valence-electron chi connectivity index (χ0n) is 10.3. The smallest absolute Gasteiger partial charge is 0.276 e. The third-order valence-electron chi connectivity index (χ3n) is 2.35.